The van der Waals surface area contributed by atoms with Crippen LogP contribution in [0.1, 0.15) is 47.6 Å². The van der Waals surface area contributed by atoms with Gasteiger partial charge in [-0.05, 0) is 39.5 Å². The Morgan fingerprint density at radius 1 is 1.08 bits per heavy atom. The second-order valence-electron chi connectivity index (χ2n) is 6.83. The van der Waals surface area contributed by atoms with Crippen molar-refractivity contribution in [1.29, 1.82) is 0 Å². The van der Waals surface area contributed by atoms with E-state index in [2.05, 4.69) is 14.9 Å². The molecule has 3 heterocycles. The lowest BCUT2D eigenvalue weighted by atomic mass is 9.98. The van der Waals surface area contributed by atoms with Crippen LogP contribution in [0.3, 0.4) is 0 Å². The summed E-state index contributed by atoms with van der Waals surface area (Å²) in [4.78, 5) is 25.5. The number of amides is 1. The predicted molar refractivity (Wildman–Crippen MR) is 92.3 cm³/mol. The minimum absolute atomic E-state index is 0.0487. The largest absolute Gasteiger partial charge is 0.393 e. The summed E-state index contributed by atoms with van der Waals surface area (Å²) in [7, 11) is 0. The fraction of sp³-hybridized carbons (Fsp3) is 0.706. The normalized spacial score (nSPS) is 21.2. The molecule has 0 atom stereocenters. The van der Waals surface area contributed by atoms with Crippen molar-refractivity contribution in [2.24, 2.45) is 0 Å². The number of rotatable bonds is 2. The molecule has 0 saturated carbocycles. The number of likely N-dealkylation sites (tertiary alicyclic amines) is 2. The molecule has 1 amide bonds. The zero-order chi connectivity index (χ0) is 17.3. The van der Waals surface area contributed by atoms with E-state index in [4.69, 9.17) is 11.6 Å². The predicted octanol–water partition coefficient (Wildman–Crippen LogP) is 1.81. The molecule has 24 heavy (non-hydrogen) atoms. The van der Waals surface area contributed by atoms with Gasteiger partial charge < -0.3 is 14.9 Å². The minimum Gasteiger partial charge on any atom is -0.393 e. The summed E-state index contributed by atoms with van der Waals surface area (Å²) in [5, 5.41) is 9.99. The Morgan fingerprint density at radius 3 is 2.33 bits per heavy atom. The van der Waals surface area contributed by atoms with E-state index in [-0.39, 0.29) is 12.0 Å². The minimum atomic E-state index is -0.142. The third kappa shape index (κ3) is 3.71. The highest BCUT2D eigenvalue weighted by atomic mass is 35.5. The van der Waals surface area contributed by atoms with Crippen molar-refractivity contribution >= 4 is 17.5 Å². The lowest BCUT2D eigenvalue weighted by molar-refractivity contribution is 0.0354. The Balaban J connectivity index is 1.61. The maximum atomic E-state index is 12.8. The molecular weight excluding hydrogens is 328 g/mol. The molecule has 0 spiro atoms. The van der Waals surface area contributed by atoms with E-state index >= 15 is 0 Å². The van der Waals surface area contributed by atoms with Gasteiger partial charge in [0.25, 0.3) is 5.91 Å². The van der Waals surface area contributed by atoms with Gasteiger partial charge in [0.05, 0.1) is 6.10 Å². The molecule has 0 aromatic carbocycles. The topological polar surface area (TPSA) is 69.6 Å². The SMILES string of the molecule is Cc1nc(Cl)c(C)c(C(=O)N2CCC(N3CCC(O)CC3)CC2)n1. The lowest BCUT2D eigenvalue weighted by Crippen LogP contribution is -2.49. The van der Waals surface area contributed by atoms with E-state index < -0.39 is 0 Å². The van der Waals surface area contributed by atoms with Gasteiger partial charge in [-0.15, -0.1) is 0 Å². The third-order valence-electron chi connectivity index (χ3n) is 5.17. The smallest absolute Gasteiger partial charge is 0.272 e. The molecule has 2 aliphatic heterocycles. The van der Waals surface area contributed by atoms with Gasteiger partial charge in [-0.3, -0.25) is 4.79 Å². The average Bonchev–Trinajstić information content (AvgIpc) is 2.58. The second kappa shape index (κ2) is 7.33. The lowest BCUT2D eigenvalue weighted by Gasteiger charge is -2.41. The van der Waals surface area contributed by atoms with Crippen molar-refractivity contribution in [1.82, 2.24) is 19.8 Å². The molecule has 6 nitrogen and oxygen atoms in total. The van der Waals surface area contributed by atoms with Gasteiger partial charge in [0.15, 0.2) is 0 Å². The van der Waals surface area contributed by atoms with Crippen LogP contribution in [0.25, 0.3) is 0 Å². The molecule has 2 fully saturated rings. The number of aryl methyl sites for hydroxylation is 1. The Hall–Kier alpha value is -1.24. The number of carbonyl (C=O) groups is 1. The maximum Gasteiger partial charge on any atom is 0.272 e. The summed E-state index contributed by atoms with van der Waals surface area (Å²) in [6.45, 7) is 6.93. The van der Waals surface area contributed by atoms with Gasteiger partial charge in [-0.2, -0.15) is 0 Å². The van der Waals surface area contributed by atoms with Gasteiger partial charge in [0.1, 0.15) is 16.7 Å². The molecule has 2 saturated heterocycles. The van der Waals surface area contributed by atoms with Crippen molar-refractivity contribution in [2.75, 3.05) is 26.2 Å². The van der Waals surface area contributed by atoms with Crippen LogP contribution in [0.4, 0.5) is 0 Å². The quantitative estimate of drug-likeness (QED) is 0.822. The van der Waals surface area contributed by atoms with Gasteiger partial charge in [0, 0.05) is 37.8 Å². The first-order valence-electron chi connectivity index (χ1n) is 8.68. The van der Waals surface area contributed by atoms with E-state index in [1.807, 2.05) is 4.90 Å². The number of nitrogens with zero attached hydrogens (tertiary/aromatic N) is 4. The highest BCUT2D eigenvalue weighted by Crippen LogP contribution is 2.23. The van der Waals surface area contributed by atoms with Gasteiger partial charge in [-0.25, -0.2) is 9.97 Å². The first-order chi connectivity index (χ1) is 11.5. The molecule has 3 rings (SSSR count). The first-order valence-corrected chi connectivity index (χ1v) is 9.05. The van der Waals surface area contributed by atoms with E-state index in [1.165, 1.54) is 0 Å². The Morgan fingerprint density at radius 2 is 1.71 bits per heavy atom. The van der Waals surface area contributed by atoms with Crippen LogP contribution < -0.4 is 0 Å². The van der Waals surface area contributed by atoms with Gasteiger partial charge in [-0.1, -0.05) is 11.6 Å². The second-order valence-corrected chi connectivity index (χ2v) is 7.18. The molecule has 0 bridgehead atoms. The van der Waals surface area contributed by atoms with Crippen LogP contribution in [0.15, 0.2) is 0 Å². The molecule has 7 heteroatoms. The fourth-order valence-corrected chi connectivity index (χ4v) is 3.85. The first kappa shape index (κ1) is 17.6. The van der Waals surface area contributed by atoms with Gasteiger partial charge in [0.2, 0.25) is 0 Å². The molecule has 1 N–H and O–H groups in total. The van der Waals surface area contributed by atoms with Crippen LogP contribution >= 0.6 is 11.6 Å². The van der Waals surface area contributed by atoms with Crippen molar-refractivity contribution in [3.05, 3.63) is 22.2 Å². The third-order valence-corrected chi connectivity index (χ3v) is 5.54. The molecule has 0 aliphatic carbocycles. The number of piperidine rings is 2. The molecular formula is C17H25ClN4O2. The number of aliphatic hydroxyl groups is 1. The number of halogens is 1. The number of aliphatic hydroxyl groups excluding tert-OH is 1. The van der Waals surface area contributed by atoms with E-state index in [9.17, 15) is 9.90 Å². The van der Waals surface area contributed by atoms with Crippen molar-refractivity contribution in [3.8, 4) is 0 Å². The number of hydrogen-bond acceptors (Lipinski definition) is 5. The molecule has 1 aromatic rings. The van der Waals surface area contributed by atoms with E-state index in [0.29, 0.717) is 28.3 Å². The Labute approximate surface area is 147 Å². The Kier molecular flexibility index (Phi) is 5.37. The molecule has 2 aliphatic rings. The van der Waals surface area contributed by atoms with Crippen LogP contribution in [0.2, 0.25) is 5.15 Å². The zero-order valence-corrected chi connectivity index (χ0v) is 15.1. The summed E-state index contributed by atoms with van der Waals surface area (Å²) >= 11 is 6.09. The standard InChI is InChI=1S/C17H25ClN4O2/c1-11-15(19-12(2)20-16(11)18)17(24)22-7-3-13(4-8-22)21-9-5-14(23)6-10-21/h13-14,23H,3-10H2,1-2H3. The Bertz CT molecular complexity index is 609. The average molecular weight is 353 g/mol. The van der Waals surface area contributed by atoms with E-state index in [1.54, 1.807) is 13.8 Å². The van der Waals surface area contributed by atoms with Crippen molar-refractivity contribution < 1.29 is 9.90 Å². The molecule has 0 unspecified atom stereocenters. The van der Waals surface area contributed by atoms with E-state index in [0.717, 1.165) is 51.9 Å². The number of aromatic nitrogens is 2. The van der Waals surface area contributed by atoms with Crippen LogP contribution in [0, 0.1) is 13.8 Å². The molecule has 0 radical (unpaired) electrons. The van der Waals surface area contributed by atoms with Crippen molar-refractivity contribution in [3.63, 3.8) is 0 Å². The summed E-state index contributed by atoms with van der Waals surface area (Å²) in [6, 6.07) is 0.512. The maximum absolute atomic E-state index is 12.8. The summed E-state index contributed by atoms with van der Waals surface area (Å²) in [6.07, 6.45) is 3.52. The van der Waals surface area contributed by atoms with Gasteiger partial charge >= 0.3 is 0 Å². The van der Waals surface area contributed by atoms with Crippen molar-refractivity contribution in [2.45, 2.75) is 51.7 Å². The fourth-order valence-electron chi connectivity index (χ4n) is 3.64. The summed E-state index contributed by atoms with van der Waals surface area (Å²) in [5.74, 6) is 0.475. The van der Waals surface area contributed by atoms with Crippen LogP contribution in [-0.4, -0.2) is 69.1 Å². The summed E-state index contributed by atoms with van der Waals surface area (Å²) < 4.78 is 0. The highest BCUT2D eigenvalue weighted by molar-refractivity contribution is 6.30. The number of hydrogen-bond donors (Lipinski definition) is 1. The molecule has 1 aromatic heterocycles. The number of carbonyl (C=O) groups excluding carboxylic acids is 1. The highest BCUT2D eigenvalue weighted by Gasteiger charge is 2.30. The summed E-state index contributed by atoms with van der Waals surface area (Å²) in [5.41, 5.74) is 1.08. The van der Waals surface area contributed by atoms with Crippen LogP contribution in [-0.2, 0) is 0 Å². The monoisotopic (exact) mass is 352 g/mol. The molecule has 132 valence electrons. The van der Waals surface area contributed by atoms with Crippen LogP contribution in [0.5, 0.6) is 0 Å². The zero-order valence-electron chi connectivity index (χ0n) is 14.3.